The van der Waals surface area contributed by atoms with Crippen LogP contribution in [0.3, 0.4) is 0 Å². The number of nitrogens with one attached hydrogen (secondary N) is 1. The fourth-order valence-electron chi connectivity index (χ4n) is 3.52. The molecule has 10 nitrogen and oxygen atoms in total. The molecule has 1 N–H and O–H groups in total. The normalized spacial score (nSPS) is 11.9. The molecule has 0 spiro atoms. The second-order valence-corrected chi connectivity index (χ2v) is 8.21. The van der Waals surface area contributed by atoms with E-state index in [0.29, 0.717) is 11.9 Å². The van der Waals surface area contributed by atoms with Gasteiger partial charge < -0.3 is 15.1 Å². The van der Waals surface area contributed by atoms with Crippen LogP contribution in [0.4, 0.5) is 43.7 Å². The van der Waals surface area contributed by atoms with E-state index in [9.17, 15) is 31.1 Å². The molecule has 4 heterocycles. The third kappa shape index (κ3) is 5.78. The Morgan fingerprint density at radius 1 is 0.923 bits per heavy atom. The van der Waals surface area contributed by atoms with E-state index in [1.165, 1.54) is 49.3 Å². The van der Waals surface area contributed by atoms with Crippen molar-refractivity contribution >= 4 is 34.4 Å². The molecule has 16 heteroatoms. The number of carbonyl (C=O) groups is 1. The molecule has 0 atom stereocenters. The smallest absolute Gasteiger partial charge is 0.358 e. The van der Waals surface area contributed by atoms with Crippen LogP contribution < -0.4 is 15.1 Å². The molecule has 0 aromatic carbocycles. The molecule has 204 valence electrons. The first kappa shape index (κ1) is 27.4. The van der Waals surface area contributed by atoms with Crippen LogP contribution in [0.15, 0.2) is 42.9 Å². The standard InChI is InChI=1S/C23H19F6N9O/c1-30-18(39)11-37(2)17-8-13(23(27,28)29)19(36-35-17)14-10-33-20-15(6-7-31-21(20)34-14)38(3)16-5-4-12(9-32-16)22(24,25)26/h4-10H,11H2,1-3H3,(H,30,39). The summed E-state index contributed by atoms with van der Waals surface area (Å²) in [4.78, 5) is 30.6. The number of likely N-dealkylation sites (N-methyl/N-ethyl adjacent to an activating group) is 2. The number of amides is 1. The maximum absolute atomic E-state index is 14.0. The molecule has 0 saturated carbocycles. The van der Waals surface area contributed by atoms with Gasteiger partial charge in [0.25, 0.3) is 0 Å². The molecule has 0 bridgehead atoms. The SMILES string of the molecule is CNC(=O)CN(C)c1cc(C(F)(F)F)c(-c2cnc3c(N(C)c4ccc(C(F)(F)F)cn4)ccnc3n2)nn1. The summed E-state index contributed by atoms with van der Waals surface area (Å²) in [5, 5.41) is 9.91. The summed E-state index contributed by atoms with van der Waals surface area (Å²) in [6.45, 7) is -0.244. The third-order valence-electron chi connectivity index (χ3n) is 5.59. The van der Waals surface area contributed by atoms with Gasteiger partial charge in [0.05, 0.1) is 29.6 Å². The highest BCUT2D eigenvalue weighted by molar-refractivity contribution is 5.88. The van der Waals surface area contributed by atoms with Gasteiger partial charge in [-0.25, -0.2) is 19.9 Å². The second kappa shape index (κ2) is 10.3. The second-order valence-electron chi connectivity index (χ2n) is 8.21. The molecule has 1 amide bonds. The molecule has 0 aliphatic carbocycles. The number of nitrogens with zero attached hydrogens (tertiary/aromatic N) is 8. The van der Waals surface area contributed by atoms with Gasteiger partial charge in [-0.3, -0.25) is 4.79 Å². The van der Waals surface area contributed by atoms with Crippen LogP contribution in [-0.4, -0.2) is 63.7 Å². The number of halogens is 6. The first-order valence-electron chi connectivity index (χ1n) is 11.1. The lowest BCUT2D eigenvalue weighted by molar-refractivity contribution is -0.138. The highest BCUT2D eigenvalue weighted by atomic mass is 19.4. The third-order valence-corrected chi connectivity index (χ3v) is 5.59. The van der Waals surface area contributed by atoms with E-state index in [4.69, 9.17) is 0 Å². The van der Waals surface area contributed by atoms with Crippen LogP contribution in [-0.2, 0) is 17.1 Å². The predicted molar refractivity (Wildman–Crippen MR) is 128 cm³/mol. The molecular formula is C23H19F6N9O. The molecule has 4 aromatic rings. The molecule has 0 fully saturated rings. The van der Waals surface area contributed by atoms with Crippen LogP contribution in [0.5, 0.6) is 0 Å². The minimum absolute atomic E-state index is 0.0421. The van der Waals surface area contributed by atoms with Crippen LogP contribution >= 0.6 is 0 Å². The van der Waals surface area contributed by atoms with Crippen LogP contribution in [0.2, 0.25) is 0 Å². The highest BCUT2D eigenvalue weighted by Crippen LogP contribution is 2.37. The first-order valence-corrected chi connectivity index (χ1v) is 11.1. The zero-order valence-corrected chi connectivity index (χ0v) is 20.5. The molecular weight excluding hydrogens is 532 g/mol. The quantitative estimate of drug-likeness (QED) is 0.357. The van der Waals surface area contributed by atoms with Crippen LogP contribution in [0, 0.1) is 0 Å². The number of hydrogen-bond donors (Lipinski definition) is 1. The van der Waals surface area contributed by atoms with Crippen molar-refractivity contribution in [2.75, 3.05) is 37.5 Å². The van der Waals surface area contributed by atoms with Crippen LogP contribution in [0.1, 0.15) is 11.1 Å². The van der Waals surface area contributed by atoms with Crippen molar-refractivity contribution < 1.29 is 31.1 Å². The Morgan fingerprint density at radius 2 is 1.67 bits per heavy atom. The fraction of sp³-hybridized carbons (Fsp3) is 0.261. The van der Waals surface area contributed by atoms with E-state index in [1.807, 2.05) is 0 Å². The molecule has 0 aliphatic rings. The first-order chi connectivity index (χ1) is 18.3. The highest BCUT2D eigenvalue weighted by Gasteiger charge is 2.37. The molecule has 4 rings (SSSR count). The molecule has 0 aliphatic heterocycles. The van der Waals surface area contributed by atoms with E-state index in [2.05, 4.69) is 35.5 Å². The summed E-state index contributed by atoms with van der Waals surface area (Å²) in [5.74, 6) is -0.465. The fourth-order valence-corrected chi connectivity index (χ4v) is 3.52. The Hall–Kier alpha value is -4.63. The van der Waals surface area contributed by atoms with Crippen molar-refractivity contribution in [1.82, 2.24) is 35.5 Å². The van der Waals surface area contributed by atoms with Gasteiger partial charge in [0.15, 0.2) is 11.5 Å². The molecule has 4 aromatic heterocycles. The Bertz CT molecular complexity index is 1510. The number of pyridine rings is 2. The van der Waals surface area contributed by atoms with Gasteiger partial charge in [-0.1, -0.05) is 0 Å². The largest absolute Gasteiger partial charge is 0.418 e. The Balaban J connectivity index is 1.73. The maximum atomic E-state index is 14.0. The lowest BCUT2D eigenvalue weighted by Crippen LogP contribution is -2.33. The summed E-state index contributed by atoms with van der Waals surface area (Å²) < 4.78 is 80.5. The van der Waals surface area contributed by atoms with Crippen LogP contribution in [0.25, 0.3) is 22.6 Å². The summed E-state index contributed by atoms with van der Waals surface area (Å²) in [6, 6.07) is 4.31. The minimum atomic E-state index is -4.84. The van der Waals surface area contributed by atoms with Crippen molar-refractivity contribution in [3.63, 3.8) is 0 Å². The van der Waals surface area contributed by atoms with Crippen molar-refractivity contribution in [2.24, 2.45) is 0 Å². The summed E-state index contributed by atoms with van der Waals surface area (Å²) >= 11 is 0. The average Bonchev–Trinajstić information content (AvgIpc) is 2.90. The van der Waals surface area contributed by atoms with Gasteiger partial charge in [-0.05, 0) is 24.3 Å². The van der Waals surface area contributed by atoms with E-state index in [1.54, 1.807) is 0 Å². The zero-order valence-electron chi connectivity index (χ0n) is 20.5. The molecule has 0 saturated heterocycles. The van der Waals surface area contributed by atoms with E-state index in [-0.39, 0.29) is 35.0 Å². The van der Waals surface area contributed by atoms with E-state index >= 15 is 0 Å². The predicted octanol–water partition coefficient (Wildman–Crippen LogP) is 3.86. The Kier molecular flexibility index (Phi) is 7.21. The number of fused-ring (bicyclic) bond motifs is 1. The number of carbonyl (C=O) groups excluding carboxylic acids is 1. The number of aromatic nitrogens is 6. The van der Waals surface area contributed by atoms with E-state index < -0.39 is 35.1 Å². The molecule has 39 heavy (non-hydrogen) atoms. The summed E-state index contributed by atoms with van der Waals surface area (Å²) in [7, 11) is 4.31. The Morgan fingerprint density at radius 3 is 2.28 bits per heavy atom. The lowest BCUT2D eigenvalue weighted by atomic mass is 10.1. The van der Waals surface area contributed by atoms with Gasteiger partial charge in [0, 0.05) is 33.5 Å². The van der Waals surface area contributed by atoms with E-state index in [0.717, 1.165) is 18.3 Å². The molecule has 0 unspecified atom stereocenters. The molecule has 0 radical (unpaired) electrons. The van der Waals surface area contributed by atoms with Crippen molar-refractivity contribution in [1.29, 1.82) is 0 Å². The van der Waals surface area contributed by atoms with Crippen molar-refractivity contribution in [2.45, 2.75) is 12.4 Å². The summed E-state index contributed by atoms with van der Waals surface area (Å²) in [5.41, 5.74) is -2.46. The minimum Gasteiger partial charge on any atom is -0.358 e. The maximum Gasteiger partial charge on any atom is 0.418 e. The van der Waals surface area contributed by atoms with Gasteiger partial charge in [-0.2, -0.15) is 26.3 Å². The van der Waals surface area contributed by atoms with Crippen molar-refractivity contribution in [3.05, 3.63) is 54.0 Å². The van der Waals surface area contributed by atoms with Gasteiger partial charge in [0.2, 0.25) is 5.91 Å². The van der Waals surface area contributed by atoms with Crippen molar-refractivity contribution in [3.8, 4) is 11.4 Å². The number of rotatable bonds is 6. The topological polar surface area (TPSA) is 113 Å². The number of hydrogen-bond acceptors (Lipinski definition) is 9. The van der Waals surface area contributed by atoms with Gasteiger partial charge in [-0.15, -0.1) is 10.2 Å². The number of alkyl halides is 6. The average molecular weight is 551 g/mol. The summed E-state index contributed by atoms with van der Waals surface area (Å²) in [6.07, 6.45) is -6.32. The Labute approximate surface area is 216 Å². The lowest BCUT2D eigenvalue weighted by Gasteiger charge is -2.20. The monoisotopic (exact) mass is 551 g/mol. The zero-order chi connectivity index (χ0) is 28.5. The number of anilines is 3. The van der Waals surface area contributed by atoms with Gasteiger partial charge in [0.1, 0.15) is 22.7 Å². The van der Waals surface area contributed by atoms with Gasteiger partial charge >= 0.3 is 12.4 Å².